The van der Waals surface area contributed by atoms with Crippen LogP contribution in [0.1, 0.15) is 10.4 Å². The first-order valence-electron chi connectivity index (χ1n) is 5.27. The largest absolute Gasteiger partial charge is 0.497 e. The van der Waals surface area contributed by atoms with E-state index in [9.17, 15) is 4.79 Å². The smallest absolute Gasteiger partial charge is 0.335 e. The Labute approximate surface area is 99.9 Å². The van der Waals surface area contributed by atoms with E-state index in [0.717, 1.165) is 26.4 Å². The van der Waals surface area contributed by atoms with Gasteiger partial charge >= 0.3 is 5.97 Å². The van der Waals surface area contributed by atoms with Crippen molar-refractivity contribution in [1.29, 1.82) is 0 Å². The standard InChI is InChI=1S/C8H8O3.C4H8O2/c1-11-7-4-2-3-6(5-7)8(9)10;1-2-6-4-3-5-1/h2-5H,1H3,(H,9,10);1-4H2. The summed E-state index contributed by atoms with van der Waals surface area (Å²) in [6.45, 7) is 3.11. The zero-order valence-electron chi connectivity index (χ0n) is 9.72. The van der Waals surface area contributed by atoms with E-state index in [2.05, 4.69) is 0 Å². The molecule has 0 aromatic heterocycles. The van der Waals surface area contributed by atoms with E-state index < -0.39 is 5.97 Å². The van der Waals surface area contributed by atoms with Gasteiger partial charge in [-0.05, 0) is 18.2 Å². The van der Waals surface area contributed by atoms with Crippen molar-refractivity contribution in [3.8, 4) is 5.75 Å². The van der Waals surface area contributed by atoms with Crippen molar-refractivity contribution in [3.63, 3.8) is 0 Å². The van der Waals surface area contributed by atoms with Crippen molar-refractivity contribution >= 4 is 5.97 Å². The predicted octanol–water partition coefficient (Wildman–Crippen LogP) is 1.43. The van der Waals surface area contributed by atoms with E-state index in [-0.39, 0.29) is 5.56 Å². The van der Waals surface area contributed by atoms with Gasteiger partial charge in [-0.15, -0.1) is 0 Å². The Morgan fingerprint density at radius 2 is 1.82 bits per heavy atom. The molecule has 0 bridgehead atoms. The molecule has 0 unspecified atom stereocenters. The Bertz CT molecular complexity index is 335. The number of benzene rings is 1. The van der Waals surface area contributed by atoms with Crippen molar-refractivity contribution in [2.75, 3.05) is 33.5 Å². The van der Waals surface area contributed by atoms with Gasteiger partial charge in [0.1, 0.15) is 5.75 Å². The molecule has 0 atom stereocenters. The number of methoxy groups -OCH3 is 1. The highest BCUT2D eigenvalue weighted by atomic mass is 16.6. The van der Waals surface area contributed by atoms with E-state index in [1.807, 2.05) is 0 Å². The molecular formula is C12H16O5. The van der Waals surface area contributed by atoms with Crippen LogP contribution in [0.4, 0.5) is 0 Å². The number of carboxylic acid groups (broad SMARTS) is 1. The van der Waals surface area contributed by atoms with E-state index >= 15 is 0 Å². The molecule has 1 aromatic carbocycles. The Morgan fingerprint density at radius 3 is 2.24 bits per heavy atom. The molecule has 5 heteroatoms. The molecule has 2 rings (SSSR count). The fourth-order valence-electron chi connectivity index (χ4n) is 1.20. The lowest BCUT2D eigenvalue weighted by Crippen LogP contribution is -2.16. The summed E-state index contributed by atoms with van der Waals surface area (Å²) >= 11 is 0. The third kappa shape index (κ3) is 5.33. The van der Waals surface area contributed by atoms with Gasteiger partial charge in [-0.3, -0.25) is 0 Å². The van der Waals surface area contributed by atoms with Gasteiger partial charge in [0.2, 0.25) is 0 Å². The number of hydrogen-bond acceptors (Lipinski definition) is 4. The van der Waals surface area contributed by atoms with Crippen molar-refractivity contribution < 1.29 is 24.1 Å². The molecule has 1 N–H and O–H groups in total. The topological polar surface area (TPSA) is 65.0 Å². The van der Waals surface area contributed by atoms with Gasteiger partial charge in [0, 0.05) is 0 Å². The minimum Gasteiger partial charge on any atom is -0.497 e. The minimum absolute atomic E-state index is 0.240. The van der Waals surface area contributed by atoms with Crippen LogP contribution in [0.3, 0.4) is 0 Å². The summed E-state index contributed by atoms with van der Waals surface area (Å²) in [4.78, 5) is 10.4. The van der Waals surface area contributed by atoms with Gasteiger partial charge in [0.15, 0.2) is 0 Å². The molecule has 1 aromatic rings. The maximum Gasteiger partial charge on any atom is 0.335 e. The lowest BCUT2D eigenvalue weighted by molar-refractivity contribution is -0.0334. The first-order chi connectivity index (χ1) is 8.24. The SMILES string of the molecule is C1COCCO1.COc1cccc(C(=O)O)c1. The molecule has 1 aliphatic heterocycles. The minimum atomic E-state index is -0.941. The molecule has 1 fully saturated rings. The number of carbonyl (C=O) groups is 1. The molecule has 0 radical (unpaired) electrons. The fraction of sp³-hybridized carbons (Fsp3) is 0.417. The summed E-state index contributed by atoms with van der Waals surface area (Å²) in [7, 11) is 1.50. The van der Waals surface area contributed by atoms with Crippen LogP contribution >= 0.6 is 0 Å². The second kappa shape index (κ2) is 7.65. The Hall–Kier alpha value is -1.59. The average Bonchev–Trinajstić information content (AvgIpc) is 2.41. The zero-order valence-corrected chi connectivity index (χ0v) is 9.72. The van der Waals surface area contributed by atoms with E-state index in [1.165, 1.54) is 19.2 Å². The van der Waals surface area contributed by atoms with Crippen LogP contribution in [0.25, 0.3) is 0 Å². The summed E-state index contributed by atoms with van der Waals surface area (Å²) < 4.78 is 14.7. The van der Waals surface area contributed by atoms with Crippen molar-refractivity contribution in [2.24, 2.45) is 0 Å². The maximum atomic E-state index is 10.4. The Kier molecular flexibility index (Phi) is 6.06. The summed E-state index contributed by atoms with van der Waals surface area (Å²) in [6.07, 6.45) is 0. The van der Waals surface area contributed by atoms with Crippen LogP contribution in [0, 0.1) is 0 Å². The molecule has 1 aliphatic rings. The normalized spacial score (nSPS) is 14.4. The molecule has 17 heavy (non-hydrogen) atoms. The highest BCUT2D eigenvalue weighted by Gasteiger charge is 2.01. The molecule has 1 heterocycles. The second-order valence-corrected chi connectivity index (χ2v) is 3.26. The van der Waals surface area contributed by atoms with Gasteiger partial charge < -0.3 is 19.3 Å². The van der Waals surface area contributed by atoms with Gasteiger partial charge in [-0.2, -0.15) is 0 Å². The van der Waals surface area contributed by atoms with Gasteiger partial charge in [0.05, 0.1) is 39.1 Å². The lowest BCUT2D eigenvalue weighted by Gasteiger charge is -2.09. The van der Waals surface area contributed by atoms with E-state index in [1.54, 1.807) is 12.1 Å². The Morgan fingerprint density at radius 1 is 1.24 bits per heavy atom. The van der Waals surface area contributed by atoms with Gasteiger partial charge in [-0.25, -0.2) is 4.79 Å². The summed E-state index contributed by atoms with van der Waals surface area (Å²) in [5.41, 5.74) is 0.240. The Balaban J connectivity index is 0.000000202. The van der Waals surface area contributed by atoms with E-state index in [0.29, 0.717) is 5.75 Å². The third-order valence-electron chi connectivity index (χ3n) is 2.06. The summed E-state index contributed by atoms with van der Waals surface area (Å²) in [5.74, 6) is -0.381. The number of rotatable bonds is 2. The highest BCUT2D eigenvalue weighted by Crippen LogP contribution is 2.11. The van der Waals surface area contributed by atoms with Gasteiger partial charge in [-0.1, -0.05) is 6.07 Å². The highest BCUT2D eigenvalue weighted by molar-refractivity contribution is 5.87. The molecule has 0 spiro atoms. The molecule has 5 nitrogen and oxygen atoms in total. The fourth-order valence-corrected chi connectivity index (χ4v) is 1.20. The first kappa shape index (κ1) is 13.5. The predicted molar refractivity (Wildman–Crippen MR) is 61.6 cm³/mol. The molecule has 0 amide bonds. The molecule has 94 valence electrons. The van der Waals surface area contributed by atoms with E-state index in [4.69, 9.17) is 19.3 Å². The van der Waals surface area contributed by atoms with Crippen LogP contribution < -0.4 is 4.74 Å². The van der Waals surface area contributed by atoms with Crippen LogP contribution in [-0.4, -0.2) is 44.6 Å². The van der Waals surface area contributed by atoms with Crippen LogP contribution in [-0.2, 0) is 9.47 Å². The quantitative estimate of drug-likeness (QED) is 0.847. The lowest BCUT2D eigenvalue weighted by atomic mass is 10.2. The number of ether oxygens (including phenoxy) is 3. The van der Waals surface area contributed by atoms with Crippen LogP contribution in [0.15, 0.2) is 24.3 Å². The zero-order chi connectivity index (χ0) is 12.5. The van der Waals surface area contributed by atoms with Crippen molar-refractivity contribution in [1.82, 2.24) is 0 Å². The molecular weight excluding hydrogens is 224 g/mol. The maximum absolute atomic E-state index is 10.4. The monoisotopic (exact) mass is 240 g/mol. The molecule has 1 saturated heterocycles. The summed E-state index contributed by atoms with van der Waals surface area (Å²) in [5, 5.41) is 8.55. The van der Waals surface area contributed by atoms with Crippen molar-refractivity contribution in [3.05, 3.63) is 29.8 Å². The second-order valence-electron chi connectivity index (χ2n) is 3.26. The summed E-state index contributed by atoms with van der Waals surface area (Å²) in [6, 6.07) is 6.34. The first-order valence-corrected chi connectivity index (χ1v) is 5.27. The average molecular weight is 240 g/mol. The van der Waals surface area contributed by atoms with Gasteiger partial charge in [0.25, 0.3) is 0 Å². The number of carboxylic acids is 1. The third-order valence-corrected chi connectivity index (χ3v) is 2.06. The van der Waals surface area contributed by atoms with Crippen LogP contribution in [0.5, 0.6) is 5.75 Å². The van der Waals surface area contributed by atoms with Crippen molar-refractivity contribution in [2.45, 2.75) is 0 Å². The number of hydrogen-bond donors (Lipinski definition) is 1. The number of aromatic carboxylic acids is 1. The molecule has 0 saturated carbocycles. The van der Waals surface area contributed by atoms with Crippen LogP contribution in [0.2, 0.25) is 0 Å². The molecule has 0 aliphatic carbocycles.